The van der Waals surface area contributed by atoms with Crippen LogP contribution in [0.3, 0.4) is 0 Å². The maximum absolute atomic E-state index is 12.1. The number of halogens is 3. The normalized spacial score (nSPS) is 15.3. The van der Waals surface area contributed by atoms with Crippen LogP contribution in [0.4, 0.5) is 24.0 Å². The number of benzene rings is 5. The quantitative estimate of drug-likeness (QED) is 0.0733. The van der Waals surface area contributed by atoms with E-state index in [9.17, 15) is 24.0 Å². The van der Waals surface area contributed by atoms with Gasteiger partial charge in [-0.3, -0.25) is 24.5 Å². The maximum atomic E-state index is 12.1. The average molecular weight is 1350 g/mol. The molecule has 0 aliphatic carbocycles. The SMILES string of the molecule is CC(C)COC(=O)N1C=CC(c2ccccc2)C=C1.CCCCC(CC)COC(=O)N1C=CC(c2ccccc2)C=C1.CCOC(=O)N1C=CC(c2ccccc2)C=C1.COC(=O)N1C=CC(c2ccccc2)C=C1.O=C(OCC(Cl)(Cl)Cl)N1C=CC(c2ccccc2)C=C1. The molecule has 0 radical (unpaired) electrons. The number of amides is 5. The molecule has 5 aromatic rings. The highest BCUT2D eigenvalue weighted by Gasteiger charge is 2.25. The zero-order valence-electron chi connectivity index (χ0n) is 54.6. The molecule has 0 spiro atoms. The molecule has 0 aromatic heterocycles. The molecule has 500 valence electrons. The van der Waals surface area contributed by atoms with Gasteiger partial charge in [0.25, 0.3) is 0 Å². The Labute approximate surface area is 575 Å². The highest BCUT2D eigenvalue weighted by atomic mass is 35.6. The number of carbonyl (C=O) groups is 5. The first-order valence-corrected chi connectivity index (χ1v) is 32.9. The van der Waals surface area contributed by atoms with Crippen LogP contribution in [0.1, 0.15) is 118 Å². The third kappa shape index (κ3) is 26.6. The zero-order valence-corrected chi connectivity index (χ0v) is 56.9. The minimum Gasteiger partial charge on any atom is -0.452 e. The van der Waals surface area contributed by atoms with E-state index in [2.05, 4.69) is 67.1 Å². The van der Waals surface area contributed by atoms with E-state index in [1.54, 1.807) is 68.9 Å². The molecule has 1 atom stereocenters. The average Bonchev–Trinajstić information content (AvgIpc) is 1.13. The molecular weight excluding hydrogens is 1260 g/mol. The standard InChI is InChI=1S/C20H27NO2.C16H19NO2.C14H12Cl3NO2.C14H15NO2.C13H13NO2/c1-3-5-9-17(4-2)16-23-20(22)21-14-12-19(13-15-21)18-10-7-6-8-11-18;1-13(2)12-19-16(18)17-10-8-15(9-11-17)14-6-4-3-5-7-14;15-14(16,17)10-20-13(19)18-8-6-12(7-9-18)11-4-2-1-3-5-11;1-2-17-14(16)15-10-8-13(9-11-15)12-6-4-3-5-7-12;1-16-13(15)14-9-7-12(8-10-14)11-5-3-2-4-6-11/h6-8,10-15,17,19H,3-5,9,16H2,1-2H3;3-11,13,15H,12H2,1-2H3;1-9,12H,10H2;3-11,13H,2H2,1H3;2-10,12H,1H3. The summed E-state index contributed by atoms with van der Waals surface area (Å²) in [5.74, 6) is 1.83. The number of rotatable bonds is 15. The number of allylic oxidation sites excluding steroid dienone is 10. The van der Waals surface area contributed by atoms with E-state index in [0.29, 0.717) is 31.7 Å². The van der Waals surface area contributed by atoms with Crippen molar-refractivity contribution in [3.63, 3.8) is 0 Å². The molecule has 5 aliphatic rings. The summed E-state index contributed by atoms with van der Waals surface area (Å²) in [5.41, 5.74) is 6.00. The predicted molar refractivity (Wildman–Crippen MR) is 378 cm³/mol. The van der Waals surface area contributed by atoms with Crippen molar-refractivity contribution in [2.75, 3.05) is 33.5 Å². The second kappa shape index (κ2) is 40.7. The number of hydrogen-bond donors (Lipinski definition) is 0. The number of carbonyl (C=O) groups excluding carboxylic acids is 5. The first-order chi connectivity index (χ1) is 46.0. The van der Waals surface area contributed by atoms with Crippen molar-refractivity contribution in [2.24, 2.45) is 11.8 Å². The van der Waals surface area contributed by atoms with Gasteiger partial charge in [-0.05, 0) is 53.0 Å². The Bertz CT molecular complexity index is 3390. The Hall–Kier alpha value is -9.28. The molecule has 15 nitrogen and oxygen atoms in total. The van der Waals surface area contributed by atoms with Gasteiger partial charge in [0.1, 0.15) is 6.61 Å². The van der Waals surface area contributed by atoms with E-state index in [1.165, 1.54) is 66.7 Å². The molecule has 0 bridgehead atoms. The monoisotopic (exact) mass is 1350 g/mol. The molecule has 5 heterocycles. The Balaban J connectivity index is 0.000000189. The molecule has 5 aliphatic heterocycles. The van der Waals surface area contributed by atoms with Crippen LogP contribution in [0.5, 0.6) is 0 Å². The molecule has 0 saturated heterocycles. The van der Waals surface area contributed by atoms with Gasteiger partial charge < -0.3 is 23.7 Å². The summed E-state index contributed by atoms with van der Waals surface area (Å²) < 4.78 is 23.4. The van der Waals surface area contributed by atoms with Crippen molar-refractivity contribution in [3.8, 4) is 0 Å². The minimum atomic E-state index is -1.61. The van der Waals surface area contributed by atoms with E-state index in [1.807, 2.05) is 178 Å². The summed E-state index contributed by atoms with van der Waals surface area (Å²) in [7, 11) is 1.37. The number of hydrogen-bond acceptors (Lipinski definition) is 10. The van der Waals surface area contributed by atoms with Gasteiger partial charge in [0.05, 0.1) is 26.9 Å². The third-order valence-electron chi connectivity index (χ3n) is 14.8. The van der Waals surface area contributed by atoms with Crippen molar-refractivity contribution < 1.29 is 47.7 Å². The largest absolute Gasteiger partial charge is 0.452 e. The van der Waals surface area contributed by atoms with Gasteiger partial charge >= 0.3 is 30.5 Å². The fourth-order valence-corrected chi connectivity index (χ4v) is 9.68. The van der Waals surface area contributed by atoms with Crippen molar-refractivity contribution in [3.05, 3.63) is 302 Å². The van der Waals surface area contributed by atoms with Crippen LogP contribution < -0.4 is 0 Å². The minimum absolute atomic E-state index is 0.133. The van der Waals surface area contributed by atoms with Gasteiger partial charge in [-0.1, -0.05) is 294 Å². The van der Waals surface area contributed by atoms with Crippen molar-refractivity contribution in [1.29, 1.82) is 0 Å². The summed E-state index contributed by atoms with van der Waals surface area (Å²) >= 11 is 16.6. The first-order valence-electron chi connectivity index (χ1n) is 31.8. The molecule has 5 amide bonds. The van der Waals surface area contributed by atoms with E-state index >= 15 is 0 Å². The molecule has 18 heteroatoms. The van der Waals surface area contributed by atoms with E-state index in [-0.39, 0.29) is 60.6 Å². The van der Waals surface area contributed by atoms with Crippen molar-refractivity contribution in [2.45, 2.75) is 93.7 Å². The first kappa shape index (κ1) is 74.8. The molecule has 5 aromatic carbocycles. The van der Waals surface area contributed by atoms with Crippen molar-refractivity contribution in [1.82, 2.24) is 24.5 Å². The molecule has 1 unspecified atom stereocenters. The summed E-state index contributed by atoms with van der Waals surface area (Å²) in [6.45, 7) is 11.2. The second-order valence-electron chi connectivity index (χ2n) is 22.4. The second-order valence-corrected chi connectivity index (χ2v) is 25.0. The van der Waals surface area contributed by atoms with E-state index in [0.717, 1.165) is 18.4 Å². The number of alkyl halides is 3. The molecule has 10 rings (SSSR count). The van der Waals surface area contributed by atoms with Gasteiger partial charge in [0, 0.05) is 91.6 Å². The maximum Gasteiger partial charge on any atom is 0.418 e. The lowest BCUT2D eigenvalue weighted by Gasteiger charge is -2.21. The number of methoxy groups -OCH3 is 1. The lowest BCUT2D eigenvalue weighted by molar-refractivity contribution is 0.106. The summed E-state index contributed by atoms with van der Waals surface area (Å²) in [6.07, 6.45) is 39.7. The summed E-state index contributed by atoms with van der Waals surface area (Å²) in [6, 6.07) is 50.6. The Morgan fingerprint density at radius 3 is 0.895 bits per heavy atom. The van der Waals surface area contributed by atoms with Crippen LogP contribution in [0, 0.1) is 11.8 Å². The van der Waals surface area contributed by atoms with Gasteiger partial charge in [0.15, 0.2) is 0 Å². The zero-order chi connectivity index (χ0) is 68.2. The Morgan fingerprint density at radius 2 is 0.653 bits per heavy atom. The van der Waals surface area contributed by atoms with Gasteiger partial charge in [0.2, 0.25) is 3.79 Å². The summed E-state index contributed by atoms with van der Waals surface area (Å²) in [5, 5.41) is 0. The summed E-state index contributed by atoms with van der Waals surface area (Å²) in [4.78, 5) is 65.4. The highest BCUT2D eigenvalue weighted by molar-refractivity contribution is 6.67. The fraction of sp³-hybridized carbons (Fsp3) is 0.286. The molecule has 0 saturated carbocycles. The van der Waals surface area contributed by atoms with E-state index in [4.69, 9.17) is 53.8 Å². The smallest absolute Gasteiger partial charge is 0.418 e. The van der Waals surface area contributed by atoms with Gasteiger partial charge in [-0.15, -0.1) is 0 Å². The molecular formula is C77H86Cl3N5O10. The molecule has 0 fully saturated rings. The number of unbranched alkanes of at least 4 members (excludes halogenated alkanes) is 1. The lowest BCUT2D eigenvalue weighted by Crippen LogP contribution is -2.26. The Kier molecular flexibility index (Phi) is 32.1. The third-order valence-corrected chi connectivity index (χ3v) is 15.2. The van der Waals surface area contributed by atoms with Crippen LogP contribution >= 0.6 is 34.8 Å². The Morgan fingerprint density at radius 1 is 0.389 bits per heavy atom. The van der Waals surface area contributed by atoms with Gasteiger partial charge in [-0.25, -0.2) is 24.0 Å². The molecule has 0 N–H and O–H groups in total. The van der Waals surface area contributed by atoms with Crippen LogP contribution in [0.25, 0.3) is 0 Å². The van der Waals surface area contributed by atoms with Gasteiger partial charge in [-0.2, -0.15) is 0 Å². The highest BCUT2D eigenvalue weighted by Crippen LogP contribution is 2.29. The van der Waals surface area contributed by atoms with E-state index < -0.39 is 9.89 Å². The van der Waals surface area contributed by atoms with Crippen LogP contribution in [-0.2, 0) is 23.7 Å². The molecule has 95 heavy (non-hydrogen) atoms. The number of ether oxygens (including phenoxy) is 5. The lowest BCUT2D eigenvalue weighted by atomic mass is 9.98. The topological polar surface area (TPSA) is 148 Å². The van der Waals surface area contributed by atoms with Crippen LogP contribution in [0.15, 0.2) is 274 Å². The van der Waals surface area contributed by atoms with Crippen LogP contribution in [0.2, 0.25) is 0 Å². The number of nitrogens with zero attached hydrogens (tertiary/aromatic N) is 5. The predicted octanol–water partition coefficient (Wildman–Crippen LogP) is 20.1. The fourth-order valence-electron chi connectivity index (χ4n) is 9.52. The van der Waals surface area contributed by atoms with Crippen LogP contribution in [-0.4, -0.2) is 92.3 Å². The van der Waals surface area contributed by atoms with Crippen molar-refractivity contribution >= 4 is 65.3 Å².